The lowest BCUT2D eigenvalue weighted by molar-refractivity contribution is -0.703. The summed E-state index contributed by atoms with van der Waals surface area (Å²) in [5.41, 5.74) is 2.76. The number of oxazole rings is 1. The molecule has 7 nitrogen and oxygen atoms in total. The Hall–Kier alpha value is -2.00. The number of benzene rings is 1. The van der Waals surface area contributed by atoms with Crippen LogP contribution in [0.4, 0.5) is 11.4 Å². The van der Waals surface area contributed by atoms with Crippen LogP contribution in [0.5, 0.6) is 0 Å². The van der Waals surface area contributed by atoms with Crippen molar-refractivity contribution in [3.05, 3.63) is 58.0 Å². The Morgan fingerprint density at radius 2 is 1.81 bits per heavy atom. The Morgan fingerprint density at radius 1 is 1.16 bits per heavy atom. The lowest BCUT2D eigenvalue weighted by atomic mass is 10.2. The van der Waals surface area contributed by atoms with Crippen molar-refractivity contribution in [2.75, 3.05) is 28.6 Å². The van der Waals surface area contributed by atoms with Crippen LogP contribution in [0.15, 0.2) is 40.8 Å². The van der Waals surface area contributed by atoms with Gasteiger partial charge in [0, 0.05) is 20.0 Å². The average molecular weight is 487 g/mol. The van der Waals surface area contributed by atoms with E-state index >= 15 is 0 Å². The second-order valence-corrected chi connectivity index (χ2v) is 9.52. The maximum Gasteiger partial charge on any atom is 0.373 e. The number of aryl methyl sites for hydroxylation is 1. The van der Waals surface area contributed by atoms with E-state index < -0.39 is 10.1 Å². The van der Waals surface area contributed by atoms with Gasteiger partial charge in [-0.1, -0.05) is 23.2 Å². The van der Waals surface area contributed by atoms with Crippen LogP contribution >= 0.6 is 23.2 Å². The molecule has 0 saturated carbocycles. The zero-order valence-corrected chi connectivity index (χ0v) is 20.0. The first-order chi connectivity index (χ1) is 14.7. The molecule has 1 aromatic heterocycles. The van der Waals surface area contributed by atoms with Crippen LogP contribution in [0.3, 0.4) is 0 Å². The van der Waals surface area contributed by atoms with E-state index in [9.17, 15) is 8.42 Å². The quantitative estimate of drug-likeness (QED) is 0.431. The van der Waals surface area contributed by atoms with Gasteiger partial charge in [-0.3, -0.25) is 4.55 Å². The topological polar surface area (TPSA) is 77.9 Å². The highest BCUT2D eigenvalue weighted by molar-refractivity contribution is 7.85. The summed E-state index contributed by atoms with van der Waals surface area (Å²) in [5, 5.41) is 0.867. The first kappa shape index (κ1) is 23.7. The maximum atomic E-state index is 11.2. The van der Waals surface area contributed by atoms with Gasteiger partial charge in [-0.25, -0.2) is 0 Å². The van der Waals surface area contributed by atoms with Crippen LogP contribution in [0.1, 0.15) is 31.9 Å². The predicted molar refractivity (Wildman–Crippen MR) is 124 cm³/mol. The molecule has 0 spiro atoms. The van der Waals surface area contributed by atoms with Gasteiger partial charge in [0.2, 0.25) is 5.69 Å². The van der Waals surface area contributed by atoms with Crippen molar-refractivity contribution in [1.29, 1.82) is 0 Å². The van der Waals surface area contributed by atoms with Crippen molar-refractivity contribution in [3.63, 3.8) is 0 Å². The molecule has 0 fully saturated rings. The molecule has 1 aliphatic rings. The molecule has 0 unspecified atom stereocenters. The highest BCUT2D eigenvalue weighted by Crippen LogP contribution is 2.45. The molecule has 0 radical (unpaired) electrons. The van der Waals surface area contributed by atoms with Crippen LogP contribution in [-0.2, 0) is 16.7 Å². The molecular weight excluding hydrogens is 461 g/mol. The van der Waals surface area contributed by atoms with Crippen LogP contribution < -0.4 is 14.4 Å². The second-order valence-electron chi connectivity index (χ2n) is 7.13. The minimum atomic E-state index is -4.04. The largest absolute Gasteiger partial charge is 0.406 e. The molecule has 1 aliphatic heterocycles. The fourth-order valence-electron chi connectivity index (χ4n) is 3.70. The van der Waals surface area contributed by atoms with E-state index in [0.29, 0.717) is 23.1 Å². The predicted octanol–water partition coefficient (Wildman–Crippen LogP) is 4.68. The normalized spacial score (nSPS) is 15.5. The molecule has 10 heteroatoms. The van der Waals surface area contributed by atoms with E-state index in [-0.39, 0.29) is 12.2 Å². The third kappa shape index (κ3) is 5.26. The highest BCUT2D eigenvalue weighted by Gasteiger charge is 2.31. The number of halogens is 2. The van der Waals surface area contributed by atoms with Gasteiger partial charge in [0.1, 0.15) is 12.4 Å². The zero-order valence-electron chi connectivity index (χ0n) is 17.7. The van der Waals surface area contributed by atoms with Gasteiger partial charge in [-0.2, -0.15) is 13.0 Å². The van der Waals surface area contributed by atoms with Crippen LogP contribution in [-0.4, -0.2) is 31.8 Å². The van der Waals surface area contributed by atoms with E-state index in [2.05, 4.69) is 16.4 Å². The fourth-order valence-corrected chi connectivity index (χ4v) is 4.51. The fraction of sp³-hybridized carbons (Fsp3) is 0.381. The van der Waals surface area contributed by atoms with Gasteiger partial charge < -0.3 is 14.2 Å². The SMILES string of the molecule is CCN1/C(=C\C=C\c2occ(C)[n+]2CC)N(CCCS(=O)(=O)O)c2cc(Cl)c(Cl)cc21. The lowest BCUT2D eigenvalue weighted by Crippen LogP contribution is -2.35. The van der Waals surface area contributed by atoms with E-state index in [1.54, 1.807) is 12.3 Å². The summed E-state index contributed by atoms with van der Waals surface area (Å²) in [6.45, 7) is 7.91. The monoisotopic (exact) mass is 486 g/mol. The third-order valence-electron chi connectivity index (χ3n) is 5.09. The van der Waals surface area contributed by atoms with Gasteiger partial charge in [-0.05, 0) is 44.6 Å². The number of nitrogens with zero attached hydrogens (tertiary/aromatic N) is 3. The summed E-state index contributed by atoms with van der Waals surface area (Å²) in [7, 11) is -4.04. The molecule has 2 aromatic rings. The Labute approximate surface area is 192 Å². The van der Waals surface area contributed by atoms with Crippen molar-refractivity contribution in [3.8, 4) is 0 Å². The molecule has 168 valence electrons. The van der Waals surface area contributed by atoms with E-state index in [0.717, 1.165) is 35.3 Å². The molecule has 0 aliphatic carbocycles. The molecule has 1 N–H and O–H groups in total. The van der Waals surface area contributed by atoms with Gasteiger partial charge in [-0.15, -0.1) is 0 Å². The Morgan fingerprint density at radius 3 is 2.39 bits per heavy atom. The highest BCUT2D eigenvalue weighted by atomic mass is 35.5. The van der Waals surface area contributed by atoms with Gasteiger partial charge in [0.25, 0.3) is 10.1 Å². The number of hydrogen-bond acceptors (Lipinski definition) is 5. The van der Waals surface area contributed by atoms with Gasteiger partial charge in [0.05, 0.1) is 33.2 Å². The second kappa shape index (κ2) is 9.65. The third-order valence-corrected chi connectivity index (χ3v) is 6.62. The van der Waals surface area contributed by atoms with Crippen molar-refractivity contribution < 1.29 is 22.0 Å². The summed E-state index contributed by atoms with van der Waals surface area (Å²) in [6.07, 6.45) is 7.69. The summed E-state index contributed by atoms with van der Waals surface area (Å²) in [5.74, 6) is 1.27. The smallest absolute Gasteiger partial charge is 0.373 e. The molecular formula is C21H26Cl2N3O4S+. The number of aromatic nitrogens is 1. The number of rotatable bonds is 8. The molecule has 2 heterocycles. The number of fused-ring (bicyclic) bond motifs is 1. The van der Waals surface area contributed by atoms with Crippen molar-refractivity contribution in [2.45, 2.75) is 33.7 Å². The van der Waals surface area contributed by atoms with Crippen molar-refractivity contribution in [1.82, 2.24) is 0 Å². The van der Waals surface area contributed by atoms with E-state index in [1.807, 2.05) is 43.0 Å². The van der Waals surface area contributed by atoms with E-state index in [1.165, 1.54) is 0 Å². The van der Waals surface area contributed by atoms with Crippen LogP contribution in [0.2, 0.25) is 10.0 Å². The van der Waals surface area contributed by atoms with E-state index in [4.69, 9.17) is 32.2 Å². The molecule has 0 bridgehead atoms. The standard InChI is InChI=1S/C21H25Cl2N3O4S/c1-4-24-15(3)14-30-21(24)9-6-8-20-25(5-2)18-12-16(22)17(23)13-19(18)26(20)10-7-11-31(27,28)29/h6,8-9,12-14H,4-5,7,10-11H2,1-3H3/p+1. The van der Waals surface area contributed by atoms with Crippen molar-refractivity contribution >= 4 is 50.8 Å². The summed E-state index contributed by atoms with van der Waals surface area (Å²) >= 11 is 12.5. The summed E-state index contributed by atoms with van der Waals surface area (Å²) < 4.78 is 39.2. The molecule has 0 amide bonds. The van der Waals surface area contributed by atoms with Gasteiger partial charge >= 0.3 is 5.89 Å². The molecule has 31 heavy (non-hydrogen) atoms. The molecule has 1 aromatic carbocycles. The minimum Gasteiger partial charge on any atom is -0.406 e. The lowest BCUT2D eigenvalue weighted by Gasteiger charge is -2.24. The Bertz CT molecular complexity index is 1130. The van der Waals surface area contributed by atoms with Crippen molar-refractivity contribution in [2.24, 2.45) is 0 Å². The average Bonchev–Trinajstić information content (AvgIpc) is 3.18. The first-order valence-electron chi connectivity index (χ1n) is 10.0. The zero-order chi connectivity index (χ0) is 22.8. The first-order valence-corrected chi connectivity index (χ1v) is 12.4. The van der Waals surface area contributed by atoms with Gasteiger partial charge in [0.15, 0.2) is 6.26 Å². The molecule has 0 atom stereocenters. The Balaban J connectivity index is 1.97. The van der Waals surface area contributed by atoms with Crippen LogP contribution in [0.25, 0.3) is 6.08 Å². The minimum absolute atomic E-state index is 0.254. The maximum absolute atomic E-state index is 11.2. The van der Waals surface area contributed by atoms with Crippen LogP contribution in [0, 0.1) is 6.92 Å². The molecule has 3 rings (SSSR count). The summed E-state index contributed by atoms with van der Waals surface area (Å²) in [6, 6.07) is 3.59. The summed E-state index contributed by atoms with van der Waals surface area (Å²) in [4.78, 5) is 4.06. The Kier molecular flexibility index (Phi) is 7.36. The molecule has 0 saturated heterocycles. The number of allylic oxidation sites excluding steroid dienone is 2. The number of anilines is 2. The number of hydrogen-bond donors (Lipinski definition) is 1.